The monoisotopic (exact) mass is 872 g/mol. The Bertz CT molecular complexity index is 2250. The number of hydrogen-bond donors (Lipinski definition) is 0. The van der Waals surface area contributed by atoms with Gasteiger partial charge in [0.15, 0.2) is 0 Å². The van der Waals surface area contributed by atoms with Crippen molar-refractivity contribution in [1.82, 2.24) is 0 Å². The molecule has 0 saturated carbocycles. The average molecular weight is 873 g/mol. The second-order valence-electron chi connectivity index (χ2n) is 16.0. The first-order valence-electron chi connectivity index (χ1n) is 21.7. The van der Waals surface area contributed by atoms with Crippen LogP contribution in [0, 0.1) is 17.8 Å². The zero-order chi connectivity index (χ0) is 39.9. The molecule has 7 rings (SSSR count). The summed E-state index contributed by atoms with van der Waals surface area (Å²) < 4.78 is 9.91. The lowest BCUT2D eigenvalue weighted by atomic mass is 9.95. The van der Waals surface area contributed by atoms with Crippen LogP contribution in [0.2, 0.25) is 0 Å². The van der Waals surface area contributed by atoms with Gasteiger partial charge >= 0.3 is 5.97 Å². The minimum atomic E-state index is -0.176. The van der Waals surface area contributed by atoms with E-state index < -0.39 is 0 Å². The number of ether oxygens (including phenoxy) is 1. The van der Waals surface area contributed by atoms with Crippen molar-refractivity contribution < 1.29 is 9.53 Å². The van der Waals surface area contributed by atoms with E-state index in [9.17, 15) is 4.79 Å². The standard InChI is InChI=1S/C49H60O2S6/c1-7-13-16-31(10-4)25-35-19-21-39(54-35)43-37-23-24-52-46(37)44(40-22-20-36(55-40)26-32(11-5)17-14-8-2)38-28-41(56-47(38)43)48-45-34(30-53-48)27-42(57-45)49(50)51-29-33(12-6)18-15-9-3/h19-24,27-28,30-33H,7-18,25-26,29H2,1-6H3. The second-order valence-corrected chi connectivity index (χ2v) is 22.3. The summed E-state index contributed by atoms with van der Waals surface area (Å²) >= 11 is 11.3. The summed E-state index contributed by atoms with van der Waals surface area (Å²) in [5.41, 5.74) is 2.80. The largest absolute Gasteiger partial charge is 0.461 e. The number of unbranched alkanes of at least 4 members (excludes halogenated alkanes) is 3. The van der Waals surface area contributed by atoms with Crippen molar-refractivity contribution in [3.8, 4) is 30.6 Å². The normalized spacial score (nSPS) is 13.6. The molecule has 0 radical (unpaired) electrons. The number of esters is 1. The van der Waals surface area contributed by atoms with Crippen LogP contribution in [0.5, 0.6) is 0 Å². The minimum Gasteiger partial charge on any atom is -0.461 e. The van der Waals surface area contributed by atoms with Gasteiger partial charge < -0.3 is 4.74 Å². The van der Waals surface area contributed by atoms with Crippen LogP contribution < -0.4 is 0 Å². The molecule has 7 aromatic rings. The first-order chi connectivity index (χ1) is 27.9. The number of carbonyl (C=O) groups is 1. The highest BCUT2D eigenvalue weighted by atomic mass is 32.1. The average Bonchev–Trinajstić information content (AvgIpc) is 4.08. The Morgan fingerprint density at radius 1 is 0.596 bits per heavy atom. The van der Waals surface area contributed by atoms with Crippen LogP contribution in [0.25, 0.3) is 60.9 Å². The molecule has 304 valence electrons. The maximum Gasteiger partial charge on any atom is 0.348 e. The van der Waals surface area contributed by atoms with Gasteiger partial charge in [-0.2, -0.15) is 0 Å². The second kappa shape index (κ2) is 20.3. The smallest absolute Gasteiger partial charge is 0.348 e. The van der Waals surface area contributed by atoms with Gasteiger partial charge in [-0.1, -0.05) is 112 Å². The van der Waals surface area contributed by atoms with Gasteiger partial charge in [0.1, 0.15) is 4.88 Å². The van der Waals surface area contributed by atoms with Crippen LogP contribution in [0.4, 0.5) is 0 Å². The fraction of sp³-hybridized carbons (Fsp3) is 0.490. The van der Waals surface area contributed by atoms with Crippen molar-refractivity contribution in [3.05, 3.63) is 67.9 Å². The predicted molar refractivity (Wildman–Crippen MR) is 260 cm³/mol. The Hall–Kier alpha value is -2.33. The number of benzene rings is 1. The summed E-state index contributed by atoms with van der Waals surface area (Å²) in [4.78, 5) is 22.5. The van der Waals surface area contributed by atoms with Crippen LogP contribution in [0.15, 0.2) is 53.2 Å². The molecule has 2 nitrogen and oxygen atoms in total. The molecule has 0 amide bonds. The molecule has 0 fully saturated rings. The molecule has 0 aliphatic carbocycles. The highest BCUT2D eigenvalue weighted by Gasteiger charge is 2.25. The van der Waals surface area contributed by atoms with Gasteiger partial charge in [0.2, 0.25) is 0 Å². The summed E-state index contributed by atoms with van der Waals surface area (Å²) in [6.07, 6.45) is 17.1. The van der Waals surface area contributed by atoms with E-state index in [2.05, 4.69) is 94.8 Å². The molecule has 6 heterocycles. The molecule has 57 heavy (non-hydrogen) atoms. The molecule has 0 spiro atoms. The number of hydrogen-bond acceptors (Lipinski definition) is 8. The van der Waals surface area contributed by atoms with E-state index in [1.165, 1.54) is 142 Å². The van der Waals surface area contributed by atoms with Crippen molar-refractivity contribution in [2.45, 2.75) is 131 Å². The first kappa shape index (κ1) is 42.8. The van der Waals surface area contributed by atoms with Gasteiger partial charge in [-0.25, -0.2) is 4.79 Å². The summed E-state index contributed by atoms with van der Waals surface area (Å²) in [6.45, 7) is 14.3. The molecule has 6 aromatic heterocycles. The number of rotatable bonds is 22. The Morgan fingerprint density at radius 3 is 1.79 bits per heavy atom. The zero-order valence-electron chi connectivity index (χ0n) is 34.8. The fourth-order valence-electron chi connectivity index (χ4n) is 8.29. The van der Waals surface area contributed by atoms with Gasteiger partial charge in [0.05, 0.1) is 16.2 Å². The number of fused-ring (bicyclic) bond motifs is 3. The van der Waals surface area contributed by atoms with Crippen molar-refractivity contribution in [1.29, 1.82) is 0 Å². The lowest BCUT2D eigenvalue weighted by Gasteiger charge is -2.14. The van der Waals surface area contributed by atoms with Gasteiger partial charge in [-0.05, 0) is 84.9 Å². The quantitative estimate of drug-likeness (QED) is 0.0634. The van der Waals surface area contributed by atoms with Crippen LogP contribution in [0.3, 0.4) is 0 Å². The predicted octanol–water partition coefficient (Wildman–Crippen LogP) is 18.4. The number of thiophene rings is 6. The molecule has 3 atom stereocenters. The van der Waals surface area contributed by atoms with Crippen LogP contribution in [-0.4, -0.2) is 12.6 Å². The Labute approximate surface area is 365 Å². The molecule has 0 aliphatic rings. The Morgan fingerprint density at radius 2 is 1.19 bits per heavy atom. The van der Waals surface area contributed by atoms with Crippen molar-refractivity contribution in [3.63, 3.8) is 0 Å². The molecule has 0 N–H and O–H groups in total. The summed E-state index contributed by atoms with van der Waals surface area (Å²) in [6, 6.07) is 16.6. The van der Waals surface area contributed by atoms with Crippen molar-refractivity contribution in [2.24, 2.45) is 17.8 Å². The van der Waals surface area contributed by atoms with Gasteiger partial charge in [0.25, 0.3) is 0 Å². The van der Waals surface area contributed by atoms with E-state index in [4.69, 9.17) is 4.74 Å². The molecule has 0 aliphatic heterocycles. The van der Waals surface area contributed by atoms with Crippen molar-refractivity contribution >= 4 is 104 Å². The van der Waals surface area contributed by atoms with E-state index in [-0.39, 0.29) is 5.97 Å². The van der Waals surface area contributed by atoms with Crippen LogP contribution in [0.1, 0.15) is 138 Å². The lowest BCUT2D eigenvalue weighted by Crippen LogP contribution is -2.13. The van der Waals surface area contributed by atoms with Gasteiger partial charge in [0, 0.05) is 66.5 Å². The lowest BCUT2D eigenvalue weighted by molar-refractivity contribution is 0.0434. The van der Waals surface area contributed by atoms with Gasteiger partial charge in [-0.3, -0.25) is 0 Å². The maximum atomic E-state index is 13.4. The fourth-order valence-corrected chi connectivity index (χ4v) is 15.4. The van der Waals surface area contributed by atoms with Gasteiger partial charge in [-0.15, -0.1) is 68.0 Å². The third kappa shape index (κ3) is 9.68. The van der Waals surface area contributed by atoms with Crippen molar-refractivity contribution in [2.75, 3.05) is 6.61 Å². The maximum absolute atomic E-state index is 13.4. The highest BCUT2D eigenvalue weighted by molar-refractivity contribution is 7.31. The molecular weight excluding hydrogens is 813 g/mol. The molecule has 1 aromatic carbocycles. The van der Waals surface area contributed by atoms with E-state index in [1.54, 1.807) is 11.3 Å². The third-order valence-electron chi connectivity index (χ3n) is 12.0. The molecule has 3 unspecified atom stereocenters. The SMILES string of the molecule is CCCCC(CC)COC(=O)c1cc2csc(-c3cc4c(-c5ccc(CC(CC)CCCC)s5)c5sccc5c(-c5ccc(CC(CC)CCCC)s5)c4s3)c2s1. The van der Waals surface area contributed by atoms with Crippen LogP contribution in [-0.2, 0) is 17.6 Å². The summed E-state index contributed by atoms with van der Waals surface area (Å²) in [5, 5.41) is 8.44. The van der Waals surface area contributed by atoms with E-state index >= 15 is 0 Å². The molecule has 0 saturated heterocycles. The summed E-state index contributed by atoms with van der Waals surface area (Å²) in [7, 11) is 0. The summed E-state index contributed by atoms with van der Waals surface area (Å²) in [5.74, 6) is 1.76. The first-order valence-corrected chi connectivity index (χ1v) is 26.7. The minimum absolute atomic E-state index is 0.176. The Balaban J connectivity index is 1.30. The van der Waals surface area contributed by atoms with E-state index in [0.717, 1.165) is 30.1 Å². The molecule has 8 heteroatoms. The third-order valence-corrected chi connectivity index (χ3v) is 18.8. The van der Waals surface area contributed by atoms with E-state index in [1.807, 2.05) is 56.7 Å². The molecule has 0 bridgehead atoms. The van der Waals surface area contributed by atoms with Crippen LogP contribution >= 0.6 is 68.0 Å². The Kier molecular flexibility index (Phi) is 15.2. The number of carbonyl (C=O) groups excluding carboxylic acids is 1. The molecular formula is C49H60O2S6. The highest BCUT2D eigenvalue weighted by Crippen LogP contribution is 2.54. The zero-order valence-corrected chi connectivity index (χ0v) is 39.7. The van der Waals surface area contributed by atoms with E-state index in [0.29, 0.717) is 17.4 Å². The topological polar surface area (TPSA) is 26.3 Å².